The predicted octanol–water partition coefficient (Wildman–Crippen LogP) is 2.57. The monoisotopic (exact) mass is 369 g/mol. The zero-order chi connectivity index (χ0) is 19.1. The van der Waals surface area contributed by atoms with E-state index in [1.54, 1.807) is 17.0 Å². The molecule has 1 N–H and O–H groups in total. The number of carbonyl (C=O) groups is 2. The maximum atomic E-state index is 13.0. The van der Waals surface area contributed by atoms with E-state index >= 15 is 0 Å². The van der Waals surface area contributed by atoms with Crippen LogP contribution in [0.1, 0.15) is 18.4 Å². The lowest BCUT2D eigenvalue weighted by molar-refractivity contribution is -0.133. The first-order valence-electron chi connectivity index (χ1n) is 9.21. The van der Waals surface area contributed by atoms with Gasteiger partial charge in [0.1, 0.15) is 5.82 Å². The Morgan fingerprint density at radius 3 is 2.22 bits per heavy atom. The van der Waals surface area contributed by atoms with E-state index in [-0.39, 0.29) is 30.5 Å². The zero-order valence-electron chi connectivity index (χ0n) is 15.2. The molecule has 0 radical (unpaired) electrons. The van der Waals surface area contributed by atoms with E-state index in [2.05, 4.69) is 10.2 Å². The number of rotatable bonds is 6. The SMILES string of the molecule is O=C(CCC(=O)N1CCN(c2ccc(F)cc2)CC1)NCc1ccccc1. The summed E-state index contributed by atoms with van der Waals surface area (Å²) in [6.07, 6.45) is 0.418. The largest absolute Gasteiger partial charge is 0.368 e. The Morgan fingerprint density at radius 2 is 1.56 bits per heavy atom. The molecule has 2 aromatic rings. The van der Waals surface area contributed by atoms with E-state index in [4.69, 9.17) is 0 Å². The topological polar surface area (TPSA) is 52.7 Å². The summed E-state index contributed by atoms with van der Waals surface area (Å²) in [6, 6.07) is 16.1. The molecule has 27 heavy (non-hydrogen) atoms. The molecule has 0 saturated carbocycles. The Bertz CT molecular complexity index is 757. The maximum absolute atomic E-state index is 13.0. The molecule has 142 valence electrons. The van der Waals surface area contributed by atoms with Gasteiger partial charge in [-0.15, -0.1) is 0 Å². The summed E-state index contributed by atoms with van der Waals surface area (Å²) >= 11 is 0. The molecular weight excluding hydrogens is 345 g/mol. The summed E-state index contributed by atoms with van der Waals surface area (Å²) in [5.41, 5.74) is 2.00. The molecule has 1 aliphatic rings. The minimum Gasteiger partial charge on any atom is -0.368 e. The Kier molecular flexibility index (Phi) is 6.41. The van der Waals surface area contributed by atoms with Gasteiger partial charge >= 0.3 is 0 Å². The molecule has 0 aromatic heterocycles. The Labute approximate surface area is 158 Å². The normalized spacial score (nSPS) is 14.1. The number of carbonyl (C=O) groups excluding carboxylic acids is 2. The molecule has 1 saturated heterocycles. The van der Waals surface area contributed by atoms with Crippen LogP contribution in [-0.2, 0) is 16.1 Å². The van der Waals surface area contributed by atoms with Crippen molar-refractivity contribution in [1.29, 1.82) is 0 Å². The molecule has 1 heterocycles. The third-order valence-corrected chi connectivity index (χ3v) is 4.72. The zero-order valence-corrected chi connectivity index (χ0v) is 15.2. The number of hydrogen-bond donors (Lipinski definition) is 1. The smallest absolute Gasteiger partial charge is 0.223 e. The first-order valence-corrected chi connectivity index (χ1v) is 9.21. The first kappa shape index (κ1) is 18.9. The van der Waals surface area contributed by atoms with Crippen molar-refractivity contribution in [2.75, 3.05) is 31.1 Å². The number of anilines is 1. The third kappa shape index (κ3) is 5.54. The van der Waals surface area contributed by atoms with Crippen molar-refractivity contribution in [1.82, 2.24) is 10.2 Å². The van der Waals surface area contributed by atoms with Gasteiger partial charge in [-0.1, -0.05) is 30.3 Å². The maximum Gasteiger partial charge on any atom is 0.223 e. The van der Waals surface area contributed by atoms with Gasteiger partial charge in [-0.05, 0) is 29.8 Å². The van der Waals surface area contributed by atoms with Crippen molar-refractivity contribution < 1.29 is 14.0 Å². The molecule has 0 aliphatic carbocycles. The van der Waals surface area contributed by atoms with Crippen molar-refractivity contribution in [2.24, 2.45) is 0 Å². The lowest BCUT2D eigenvalue weighted by Gasteiger charge is -2.36. The lowest BCUT2D eigenvalue weighted by Crippen LogP contribution is -2.48. The Balaban J connectivity index is 1.38. The van der Waals surface area contributed by atoms with E-state index in [1.165, 1.54) is 12.1 Å². The first-order chi connectivity index (χ1) is 13.1. The van der Waals surface area contributed by atoms with Gasteiger partial charge in [0.25, 0.3) is 0 Å². The fourth-order valence-electron chi connectivity index (χ4n) is 3.13. The second kappa shape index (κ2) is 9.16. The summed E-state index contributed by atoms with van der Waals surface area (Å²) in [5, 5.41) is 2.84. The molecular formula is C21H24FN3O2. The highest BCUT2D eigenvalue weighted by atomic mass is 19.1. The van der Waals surface area contributed by atoms with Crippen LogP contribution in [0, 0.1) is 5.82 Å². The van der Waals surface area contributed by atoms with Crippen molar-refractivity contribution in [3.63, 3.8) is 0 Å². The van der Waals surface area contributed by atoms with Crippen LogP contribution in [0.4, 0.5) is 10.1 Å². The molecule has 5 nitrogen and oxygen atoms in total. The van der Waals surface area contributed by atoms with E-state index in [1.807, 2.05) is 30.3 Å². The van der Waals surface area contributed by atoms with Crippen LogP contribution in [0.5, 0.6) is 0 Å². The molecule has 2 aromatic carbocycles. The predicted molar refractivity (Wildman–Crippen MR) is 103 cm³/mol. The van der Waals surface area contributed by atoms with Crippen molar-refractivity contribution in [3.05, 3.63) is 66.0 Å². The summed E-state index contributed by atoms with van der Waals surface area (Å²) < 4.78 is 13.0. The highest BCUT2D eigenvalue weighted by Gasteiger charge is 2.21. The molecule has 2 amide bonds. The van der Waals surface area contributed by atoms with E-state index in [9.17, 15) is 14.0 Å². The van der Waals surface area contributed by atoms with Crippen LogP contribution in [0.3, 0.4) is 0 Å². The van der Waals surface area contributed by atoms with Gasteiger partial charge in [-0.3, -0.25) is 9.59 Å². The number of benzene rings is 2. The van der Waals surface area contributed by atoms with E-state index in [0.717, 1.165) is 11.3 Å². The average Bonchev–Trinajstić information content (AvgIpc) is 2.72. The van der Waals surface area contributed by atoms with Crippen LogP contribution < -0.4 is 10.2 Å². The van der Waals surface area contributed by atoms with Gasteiger partial charge in [-0.25, -0.2) is 4.39 Å². The Hall–Kier alpha value is -2.89. The third-order valence-electron chi connectivity index (χ3n) is 4.72. The number of piperazine rings is 1. The van der Waals surface area contributed by atoms with Gasteiger partial charge < -0.3 is 15.1 Å². The second-order valence-corrected chi connectivity index (χ2v) is 6.61. The minimum atomic E-state index is -0.252. The molecule has 1 aliphatic heterocycles. The van der Waals surface area contributed by atoms with Crippen LogP contribution in [0.25, 0.3) is 0 Å². The van der Waals surface area contributed by atoms with E-state index < -0.39 is 0 Å². The van der Waals surface area contributed by atoms with Gasteiger partial charge in [0.2, 0.25) is 11.8 Å². The number of nitrogens with one attached hydrogen (secondary N) is 1. The Morgan fingerprint density at radius 1 is 0.889 bits per heavy atom. The number of amides is 2. The highest BCUT2D eigenvalue weighted by Crippen LogP contribution is 2.17. The summed E-state index contributed by atoms with van der Waals surface area (Å²) in [6.45, 7) is 3.11. The molecule has 6 heteroatoms. The van der Waals surface area contributed by atoms with Gasteiger partial charge in [0.15, 0.2) is 0 Å². The average molecular weight is 369 g/mol. The number of nitrogens with zero attached hydrogens (tertiary/aromatic N) is 2. The molecule has 0 unspecified atom stereocenters. The van der Waals surface area contributed by atoms with Crippen molar-refractivity contribution >= 4 is 17.5 Å². The van der Waals surface area contributed by atoms with Gasteiger partial charge in [0, 0.05) is 51.3 Å². The highest BCUT2D eigenvalue weighted by molar-refractivity contribution is 5.83. The lowest BCUT2D eigenvalue weighted by atomic mass is 10.2. The molecule has 0 atom stereocenters. The van der Waals surface area contributed by atoms with Crippen LogP contribution in [0.2, 0.25) is 0 Å². The van der Waals surface area contributed by atoms with E-state index in [0.29, 0.717) is 32.7 Å². The molecule has 3 rings (SSSR count). The fourth-order valence-corrected chi connectivity index (χ4v) is 3.13. The van der Waals surface area contributed by atoms with Crippen LogP contribution in [-0.4, -0.2) is 42.9 Å². The summed E-state index contributed by atoms with van der Waals surface area (Å²) in [7, 11) is 0. The van der Waals surface area contributed by atoms with Crippen molar-refractivity contribution in [2.45, 2.75) is 19.4 Å². The van der Waals surface area contributed by atoms with Crippen LogP contribution in [0.15, 0.2) is 54.6 Å². The van der Waals surface area contributed by atoms with Gasteiger partial charge in [0.05, 0.1) is 0 Å². The summed E-state index contributed by atoms with van der Waals surface area (Å²) in [4.78, 5) is 28.2. The fraction of sp³-hybridized carbons (Fsp3) is 0.333. The van der Waals surface area contributed by atoms with Crippen LogP contribution >= 0.6 is 0 Å². The summed E-state index contributed by atoms with van der Waals surface area (Å²) in [5.74, 6) is -0.362. The van der Waals surface area contributed by atoms with Gasteiger partial charge in [-0.2, -0.15) is 0 Å². The number of hydrogen-bond acceptors (Lipinski definition) is 3. The molecule has 0 bridgehead atoms. The molecule has 0 spiro atoms. The quantitative estimate of drug-likeness (QED) is 0.852. The van der Waals surface area contributed by atoms with Crippen molar-refractivity contribution in [3.8, 4) is 0 Å². The second-order valence-electron chi connectivity index (χ2n) is 6.61. The standard InChI is InChI=1S/C21H24FN3O2/c22-18-6-8-19(9-7-18)24-12-14-25(15-13-24)21(27)11-10-20(26)23-16-17-4-2-1-3-5-17/h1-9H,10-16H2,(H,23,26). The minimum absolute atomic E-state index is 0.00335. The number of halogens is 1. The molecule has 1 fully saturated rings.